The van der Waals surface area contributed by atoms with E-state index in [1.165, 1.54) is 0 Å². The number of halogens is 1. The molecule has 2 aromatic carbocycles. The summed E-state index contributed by atoms with van der Waals surface area (Å²) < 4.78 is 11.3. The highest BCUT2D eigenvalue weighted by Gasteiger charge is 2.11. The van der Waals surface area contributed by atoms with Crippen molar-refractivity contribution in [3.8, 4) is 11.5 Å². The number of hydrogen-bond acceptors (Lipinski definition) is 3. The van der Waals surface area contributed by atoms with Crippen LogP contribution >= 0.6 is 11.6 Å². The van der Waals surface area contributed by atoms with E-state index >= 15 is 0 Å². The molecule has 2 rings (SSSR count). The summed E-state index contributed by atoms with van der Waals surface area (Å²) in [5.41, 5.74) is 1.43. The van der Waals surface area contributed by atoms with E-state index in [0.29, 0.717) is 30.3 Å². The first kappa shape index (κ1) is 15.4. The average molecular weight is 305 g/mol. The van der Waals surface area contributed by atoms with Crippen molar-refractivity contribution in [2.24, 2.45) is 0 Å². The molecule has 4 heteroatoms. The first-order valence-corrected chi connectivity index (χ1v) is 7.22. The molecule has 110 valence electrons. The monoisotopic (exact) mass is 304 g/mol. The Balaban J connectivity index is 2.11. The minimum atomic E-state index is -0.532. The third-order valence-corrected chi connectivity index (χ3v) is 3.08. The minimum Gasteiger partial charge on any atom is -0.493 e. The molecule has 0 fully saturated rings. The molecule has 0 spiro atoms. The lowest BCUT2D eigenvalue weighted by atomic mass is 10.2. The predicted molar refractivity (Wildman–Crippen MR) is 83.2 cm³/mol. The van der Waals surface area contributed by atoms with Gasteiger partial charge in [0, 0.05) is 6.07 Å². The Morgan fingerprint density at radius 1 is 1.10 bits per heavy atom. The topological polar surface area (TPSA) is 35.5 Å². The molecule has 0 aliphatic rings. The highest BCUT2D eigenvalue weighted by Crippen LogP contribution is 2.27. The van der Waals surface area contributed by atoms with Crippen LogP contribution in [0.3, 0.4) is 0 Å². The third-order valence-electron chi connectivity index (χ3n) is 2.87. The van der Waals surface area contributed by atoms with Crippen molar-refractivity contribution in [3.63, 3.8) is 0 Å². The highest BCUT2D eigenvalue weighted by molar-refractivity contribution is 6.68. The molecular weight excluding hydrogens is 288 g/mol. The zero-order valence-electron chi connectivity index (χ0n) is 11.8. The lowest BCUT2D eigenvalue weighted by Crippen LogP contribution is -2.02. The second-order valence-electron chi connectivity index (χ2n) is 4.55. The van der Waals surface area contributed by atoms with Crippen LogP contribution in [0.1, 0.15) is 29.3 Å². The van der Waals surface area contributed by atoms with Gasteiger partial charge in [-0.25, -0.2) is 0 Å². The van der Waals surface area contributed by atoms with Crippen molar-refractivity contribution in [1.29, 1.82) is 0 Å². The van der Waals surface area contributed by atoms with Crippen LogP contribution in [0.4, 0.5) is 0 Å². The summed E-state index contributed by atoms with van der Waals surface area (Å²) in [5, 5.41) is -0.532. The van der Waals surface area contributed by atoms with Gasteiger partial charge in [0.05, 0.1) is 12.2 Å². The molecule has 0 radical (unpaired) electrons. The maximum absolute atomic E-state index is 11.4. The molecule has 0 unspecified atom stereocenters. The summed E-state index contributed by atoms with van der Waals surface area (Å²) in [6, 6.07) is 14.9. The van der Waals surface area contributed by atoms with Crippen molar-refractivity contribution in [3.05, 3.63) is 59.7 Å². The largest absolute Gasteiger partial charge is 0.493 e. The Hall–Kier alpha value is -2.00. The molecule has 0 heterocycles. The molecule has 0 aliphatic heterocycles. The standard InChI is InChI=1S/C17H17ClO3/c1-2-10-20-16-11-14(8-9-15(16)17(18)19)21-12-13-6-4-3-5-7-13/h3-9,11H,2,10,12H2,1H3. The van der Waals surface area contributed by atoms with Gasteiger partial charge in [0.25, 0.3) is 5.24 Å². The van der Waals surface area contributed by atoms with Gasteiger partial charge in [-0.1, -0.05) is 37.3 Å². The average Bonchev–Trinajstić information content (AvgIpc) is 2.51. The van der Waals surface area contributed by atoms with Crippen molar-refractivity contribution >= 4 is 16.8 Å². The van der Waals surface area contributed by atoms with Crippen LogP contribution in [0.25, 0.3) is 0 Å². The van der Waals surface area contributed by atoms with Gasteiger partial charge in [0.2, 0.25) is 0 Å². The number of carbonyl (C=O) groups is 1. The van der Waals surface area contributed by atoms with E-state index in [1.54, 1.807) is 18.2 Å². The quantitative estimate of drug-likeness (QED) is 0.710. The second-order valence-corrected chi connectivity index (χ2v) is 4.90. The zero-order valence-corrected chi connectivity index (χ0v) is 12.6. The van der Waals surface area contributed by atoms with Crippen LogP contribution in [0.2, 0.25) is 0 Å². The first-order chi connectivity index (χ1) is 10.2. The Morgan fingerprint density at radius 2 is 1.86 bits per heavy atom. The molecular formula is C17H17ClO3. The van der Waals surface area contributed by atoms with E-state index in [0.717, 1.165) is 12.0 Å². The smallest absolute Gasteiger partial charge is 0.256 e. The lowest BCUT2D eigenvalue weighted by Gasteiger charge is -2.11. The molecule has 3 nitrogen and oxygen atoms in total. The van der Waals surface area contributed by atoms with Gasteiger partial charge in [-0.3, -0.25) is 4.79 Å². The van der Waals surface area contributed by atoms with Gasteiger partial charge < -0.3 is 9.47 Å². The normalized spacial score (nSPS) is 10.2. The SMILES string of the molecule is CCCOc1cc(OCc2ccccc2)ccc1C(=O)Cl. The van der Waals surface area contributed by atoms with Gasteiger partial charge in [-0.05, 0) is 35.7 Å². The lowest BCUT2D eigenvalue weighted by molar-refractivity contribution is 0.107. The van der Waals surface area contributed by atoms with E-state index in [2.05, 4.69) is 0 Å². The molecule has 0 aromatic heterocycles. The predicted octanol–water partition coefficient (Wildman–Crippen LogP) is 4.43. The second kappa shape index (κ2) is 7.70. The fraction of sp³-hybridized carbons (Fsp3) is 0.235. The molecule has 21 heavy (non-hydrogen) atoms. The maximum Gasteiger partial charge on any atom is 0.256 e. The zero-order chi connectivity index (χ0) is 15.1. The maximum atomic E-state index is 11.4. The van der Waals surface area contributed by atoms with Crippen LogP contribution < -0.4 is 9.47 Å². The van der Waals surface area contributed by atoms with Crippen LogP contribution in [0.15, 0.2) is 48.5 Å². The van der Waals surface area contributed by atoms with Crippen molar-refractivity contribution in [2.45, 2.75) is 20.0 Å². The van der Waals surface area contributed by atoms with Crippen molar-refractivity contribution < 1.29 is 14.3 Å². The number of rotatable bonds is 7. The summed E-state index contributed by atoms with van der Waals surface area (Å²) in [5.74, 6) is 1.11. The van der Waals surface area contributed by atoms with E-state index < -0.39 is 5.24 Å². The Labute approximate surface area is 129 Å². The summed E-state index contributed by atoms with van der Waals surface area (Å²) in [6.45, 7) is 2.99. The number of hydrogen-bond donors (Lipinski definition) is 0. The summed E-state index contributed by atoms with van der Waals surface area (Å²) in [7, 11) is 0. The van der Waals surface area contributed by atoms with Crippen LogP contribution in [0.5, 0.6) is 11.5 Å². The molecule has 0 atom stereocenters. The first-order valence-electron chi connectivity index (χ1n) is 6.84. The molecule has 0 saturated heterocycles. The number of benzene rings is 2. The molecule has 0 N–H and O–H groups in total. The van der Waals surface area contributed by atoms with Crippen LogP contribution in [-0.4, -0.2) is 11.8 Å². The van der Waals surface area contributed by atoms with Crippen molar-refractivity contribution in [2.75, 3.05) is 6.61 Å². The van der Waals surface area contributed by atoms with Gasteiger partial charge in [0.15, 0.2) is 0 Å². The van der Waals surface area contributed by atoms with Crippen LogP contribution in [0, 0.1) is 0 Å². The van der Waals surface area contributed by atoms with Crippen LogP contribution in [-0.2, 0) is 6.61 Å². The van der Waals surface area contributed by atoms with E-state index in [4.69, 9.17) is 21.1 Å². The molecule has 0 bridgehead atoms. The Kier molecular flexibility index (Phi) is 5.64. The van der Waals surface area contributed by atoms with E-state index in [-0.39, 0.29) is 0 Å². The summed E-state index contributed by atoms with van der Waals surface area (Å²) >= 11 is 5.55. The summed E-state index contributed by atoms with van der Waals surface area (Å²) in [4.78, 5) is 11.4. The number of ether oxygens (including phenoxy) is 2. The fourth-order valence-corrected chi connectivity index (χ4v) is 1.98. The number of carbonyl (C=O) groups excluding carboxylic acids is 1. The van der Waals surface area contributed by atoms with E-state index in [9.17, 15) is 4.79 Å². The van der Waals surface area contributed by atoms with Gasteiger partial charge in [-0.15, -0.1) is 0 Å². The van der Waals surface area contributed by atoms with Gasteiger partial charge in [-0.2, -0.15) is 0 Å². The Bertz CT molecular complexity index is 596. The minimum absolute atomic E-state index is 0.358. The van der Waals surface area contributed by atoms with E-state index in [1.807, 2.05) is 37.3 Å². The summed E-state index contributed by atoms with van der Waals surface area (Å²) in [6.07, 6.45) is 0.852. The Morgan fingerprint density at radius 3 is 2.52 bits per heavy atom. The van der Waals surface area contributed by atoms with Crippen molar-refractivity contribution in [1.82, 2.24) is 0 Å². The molecule has 0 amide bonds. The molecule has 0 aliphatic carbocycles. The molecule has 0 saturated carbocycles. The van der Waals surface area contributed by atoms with Gasteiger partial charge >= 0.3 is 0 Å². The third kappa shape index (κ3) is 4.50. The molecule has 2 aromatic rings. The fourth-order valence-electron chi connectivity index (χ4n) is 1.83. The highest BCUT2D eigenvalue weighted by atomic mass is 35.5. The van der Waals surface area contributed by atoms with Gasteiger partial charge in [0.1, 0.15) is 18.1 Å².